The highest BCUT2D eigenvalue weighted by Gasteiger charge is 2.51. The van der Waals surface area contributed by atoms with Crippen LogP contribution in [0.3, 0.4) is 0 Å². The average Bonchev–Trinajstić information content (AvgIpc) is 3.35. The van der Waals surface area contributed by atoms with Crippen molar-refractivity contribution in [1.29, 1.82) is 0 Å². The molecular weight excluding hydrogens is 418 g/mol. The maximum Gasteiger partial charge on any atom is 0.280 e. The van der Waals surface area contributed by atoms with Crippen LogP contribution in [0, 0.1) is 24.7 Å². The third-order valence-corrected chi connectivity index (χ3v) is 8.93. The van der Waals surface area contributed by atoms with E-state index in [9.17, 15) is 4.79 Å². The maximum atomic E-state index is 13.1. The highest BCUT2D eigenvalue weighted by atomic mass is 32.1. The van der Waals surface area contributed by atoms with Gasteiger partial charge in [-0.15, -0.1) is 10.2 Å². The quantitative estimate of drug-likeness (QED) is 0.553. The number of nitrogens with one attached hydrogen (secondary N) is 1. The molecule has 1 N–H and O–H groups in total. The molecule has 166 valence electrons. The van der Waals surface area contributed by atoms with Gasteiger partial charge >= 0.3 is 0 Å². The van der Waals surface area contributed by atoms with Gasteiger partial charge in [-0.2, -0.15) is 0 Å². The number of hydrogen-bond donors (Lipinski definition) is 1. The van der Waals surface area contributed by atoms with E-state index in [0.29, 0.717) is 16.1 Å². The molecule has 2 heterocycles. The predicted octanol–water partition coefficient (Wildman–Crippen LogP) is 5.11. The van der Waals surface area contributed by atoms with Gasteiger partial charge in [0.2, 0.25) is 5.13 Å². The molecule has 0 saturated heterocycles. The second kappa shape index (κ2) is 7.51. The molecule has 4 aliphatic carbocycles. The Bertz CT molecular complexity index is 1200. The Hall–Kier alpha value is -2.54. The van der Waals surface area contributed by atoms with Gasteiger partial charge in [0.25, 0.3) is 5.56 Å². The molecular formula is C25H29N5OS. The van der Waals surface area contributed by atoms with Gasteiger partial charge < -0.3 is 0 Å². The number of rotatable bonds is 5. The normalized spacial score (nSPS) is 28.8. The minimum atomic E-state index is -0.0889. The molecule has 7 rings (SSSR count). The van der Waals surface area contributed by atoms with Gasteiger partial charge in [0, 0.05) is 11.9 Å². The first-order valence-electron chi connectivity index (χ1n) is 11.8. The van der Waals surface area contributed by atoms with Crippen molar-refractivity contribution in [3.63, 3.8) is 0 Å². The summed E-state index contributed by atoms with van der Waals surface area (Å²) in [5, 5.41) is 12.9. The Balaban J connectivity index is 1.27. The molecule has 0 amide bonds. The van der Waals surface area contributed by atoms with Crippen molar-refractivity contribution < 1.29 is 0 Å². The molecule has 4 bridgehead atoms. The van der Waals surface area contributed by atoms with Gasteiger partial charge in [-0.1, -0.05) is 30.4 Å². The first kappa shape index (κ1) is 20.1. The van der Waals surface area contributed by atoms with E-state index in [0.717, 1.165) is 40.6 Å². The number of benzene rings is 1. The van der Waals surface area contributed by atoms with Crippen LogP contribution in [0.25, 0.3) is 5.69 Å². The summed E-state index contributed by atoms with van der Waals surface area (Å²) < 4.78 is 1.62. The molecule has 0 atom stereocenters. The Morgan fingerprint density at radius 1 is 1.12 bits per heavy atom. The van der Waals surface area contributed by atoms with Crippen LogP contribution in [0.15, 0.2) is 34.1 Å². The van der Waals surface area contributed by atoms with Crippen molar-refractivity contribution in [1.82, 2.24) is 20.0 Å². The fourth-order valence-corrected chi connectivity index (χ4v) is 7.51. The second-order valence-electron chi connectivity index (χ2n) is 10.1. The highest BCUT2D eigenvalue weighted by Crippen LogP contribution is 2.60. The lowest BCUT2D eigenvalue weighted by atomic mass is 9.48. The van der Waals surface area contributed by atoms with Crippen LogP contribution in [0.2, 0.25) is 0 Å². The van der Waals surface area contributed by atoms with Crippen LogP contribution in [-0.4, -0.2) is 26.2 Å². The van der Waals surface area contributed by atoms with Crippen molar-refractivity contribution in [2.75, 3.05) is 0 Å². The number of aliphatic imine (C=N–C) groups is 1. The minimum absolute atomic E-state index is 0.0889. The van der Waals surface area contributed by atoms with Crippen LogP contribution in [-0.2, 0) is 11.8 Å². The van der Waals surface area contributed by atoms with Gasteiger partial charge in [-0.05, 0) is 92.7 Å². The van der Waals surface area contributed by atoms with Crippen molar-refractivity contribution in [2.24, 2.45) is 22.7 Å². The minimum Gasteiger partial charge on any atom is -0.295 e. The summed E-state index contributed by atoms with van der Waals surface area (Å²) in [5.41, 5.74) is 3.99. The summed E-state index contributed by atoms with van der Waals surface area (Å²) in [6, 6.07) is 8.74. The van der Waals surface area contributed by atoms with Crippen LogP contribution >= 0.6 is 11.3 Å². The fourth-order valence-electron chi connectivity index (χ4n) is 6.88. The second-order valence-corrected chi connectivity index (χ2v) is 11.2. The molecule has 6 nitrogen and oxygen atoms in total. The first-order valence-corrected chi connectivity index (χ1v) is 12.6. The summed E-state index contributed by atoms with van der Waals surface area (Å²) in [6.45, 7) is 3.94. The van der Waals surface area contributed by atoms with E-state index < -0.39 is 0 Å². The van der Waals surface area contributed by atoms with E-state index in [4.69, 9.17) is 0 Å². The summed E-state index contributed by atoms with van der Waals surface area (Å²) in [4.78, 5) is 17.5. The molecule has 4 saturated carbocycles. The first-order chi connectivity index (χ1) is 15.5. The monoisotopic (exact) mass is 447 g/mol. The number of nitrogens with zero attached hydrogens (tertiary/aromatic N) is 4. The lowest BCUT2D eigenvalue weighted by Gasteiger charge is -2.57. The molecule has 0 radical (unpaired) electrons. The molecule has 0 unspecified atom stereocenters. The predicted molar refractivity (Wildman–Crippen MR) is 128 cm³/mol. The fraction of sp³-hybridized carbons (Fsp3) is 0.520. The Morgan fingerprint density at radius 3 is 2.38 bits per heavy atom. The number of aromatic nitrogens is 4. The van der Waals surface area contributed by atoms with E-state index in [1.165, 1.54) is 55.4 Å². The molecule has 32 heavy (non-hydrogen) atoms. The van der Waals surface area contributed by atoms with E-state index in [2.05, 4.69) is 44.6 Å². The molecule has 1 aromatic carbocycles. The largest absolute Gasteiger partial charge is 0.295 e. The lowest BCUT2D eigenvalue weighted by molar-refractivity contribution is -0.00518. The summed E-state index contributed by atoms with van der Waals surface area (Å²) >= 11 is 1.45. The van der Waals surface area contributed by atoms with Gasteiger partial charge in [0.1, 0.15) is 5.01 Å². The Morgan fingerprint density at radius 2 is 1.78 bits per heavy atom. The van der Waals surface area contributed by atoms with Crippen LogP contribution in [0.5, 0.6) is 0 Å². The van der Waals surface area contributed by atoms with Gasteiger partial charge in [-0.3, -0.25) is 9.89 Å². The summed E-state index contributed by atoms with van der Waals surface area (Å²) in [6.07, 6.45) is 10.9. The zero-order chi connectivity index (χ0) is 21.9. The van der Waals surface area contributed by atoms with Crippen LogP contribution < -0.4 is 5.56 Å². The number of aromatic amines is 1. The SMILES string of the molecule is CCc1nnc(N=Cc2c(C)[nH]n(-c3ccc(C45CC6CC(CC(C6)C4)C5)cc3)c2=O)s1. The summed E-state index contributed by atoms with van der Waals surface area (Å²) in [5.74, 6) is 2.79. The molecule has 0 spiro atoms. The number of aryl methyl sites for hydroxylation is 2. The zero-order valence-electron chi connectivity index (χ0n) is 18.7. The van der Waals surface area contributed by atoms with Crippen molar-refractivity contribution in [2.45, 2.75) is 64.2 Å². The molecule has 7 heteroatoms. The number of H-pyrrole nitrogens is 1. The Labute approximate surface area is 191 Å². The number of hydrogen-bond acceptors (Lipinski definition) is 5. The molecule has 0 aliphatic heterocycles. The van der Waals surface area contributed by atoms with Gasteiger partial charge in [-0.25, -0.2) is 9.67 Å². The highest BCUT2D eigenvalue weighted by molar-refractivity contribution is 7.14. The van der Waals surface area contributed by atoms with Crippen LogP contribution in [0.4, 0.5) is 5.13 Å². The molecule has 4 aliphatic rings. The van der Waals surface area contributed by atoms with E-state index in [1.54, 1.807) is 10.9 Å². The molecule has 2 aromatic heterocycles. The summed E-state index contributed by atoms with van der Waals surface area (Å²) in [7, 11) is 0. The third kappa shape index (κ3) is 3.29. The van der Waals surface area contributed by atoms with E-state index in [-0.39, 0.29) is 5.56 Å². The van der Waals surface area contributed by atoms with Crippen molar-refractivity contribution in [3.05, 3.63) is 56.4 Å². The average molecular weight is 448 g/mol. The lowest BCUT2D eigenvalue weighted by Crippen LogP contribution is -2.48. The topological polar surface area (TPSA) is 75.9 Å². The van der Waals surface area contributed by atoms with E-state index >= 15 is 0 Å². The van der Waals surface area contributed by atoms with Gasteiger partial charge in [0.05, 0.1) is 11.3 Å². The maximum absolute atomic E-state index is 13.1. The smallest absolute Gasteiger partial charge is 0.280 e. The Kier molecular flexibility index (Phi) is 4.72. The van der Waals surface area contributed by atoms with Crippen molar-refractivity contribution in [3.8, 4) is 5.69 Å². The van der Waals surface area contributed by atoms with Crippen LogP contribution in [0.1, 0.15) is 67.3 Å². The van der Waals surface area contributed by atoms with Gasteiger partial charge in [0.15, 0.2) is 0 Å². The van der Waals surface area contributed by atoms with Crippen molar-refractivity contribution >= 4 is 22.7 Å². The zero-order valence-corrected chi connectivity index (χ0v) is 19.5. The molecule has 4 fully saturated rings. The van der Waals surface area contributed by atoms with E-state index in [1.807, 2.05) is 13.8 Å². The standard InChI is InChI=1S/C25H29N5OS/c1-3-22-27-28-24(32-22)26-14-21-15(2)29-30(23(21)31)20-6-4-19(5-7-20)25-11-16-8-17(12-25)10-18(9-16)13-25/h4-7,14,16-18,29H,3,8-13H2,1-2H3. The third-order valence-electron chi connectivity index (χ3n) is 7.96. The molecule has 3 aromatic rings.